The lowest BCUT2D eigenvalue weighted by molar-refractivity contribution is -0.115. The van der Waals surface area contributed by atoms with Crippen molar-refractivity contribution in [1.82, 2.24) is 4.72 Å². The number of aryl methyl sites for hydroxylation is 1. The number of amides is 1. The molecule has 0 saturated heterocycles. The lowest BCUT2D eigenvalue weighted by atomic mass is 9.65. The van der Waals surface area contributed by atoms with E-state index < -0.39 is 21.2 Å². The first kappa shape index (κ1) is 29.5. The average Bonchev–Trinajstić information content (AvgIpc) is 3.10. The van der Waals surface area contributed by atoms with Crippen molar-refractivity contribution in [3.63, 3.8) is 0 Å². The number of hydrogen-bond acceptors (Lipinski definition) is 6. The minimum Gasteiger partial charge on any atom is -0.490 e. The molecule has 0 radical (unpaired) electrons. The van der Waals surface area contributed by atoms with Gasteiger partial charge in [0.15, 0.2) is 0 Å². The minimum atomic E-state index is -3.85. The highest BCUT2D eigenvalue weighted by Gasteiger charge is 2.44. The minimum absolute atomic E-state index is 0.0198. The van der Waals surface area contributed by atoms with Crippen LogP contribution in [0.4, 0.5) is 5.69 Å². The number of hydrogen-bond donors (Lipinski definition) is 1. The molecule has 6 rings (SSSR count). The van der Waals surface area contributed by atoms with Gasteiger partial charge in [-0.25, -0.2) is 13.1 Å². The largest absolute Gasteiger partial charge is 0.490 e. The first-order valence-corrected chi connectivity index (χ1v) is 17.5. The second-order valence-corrected chi connectivity index (χ2v) is 15.3. The number of nitrogens with one attached hydrogen (secondary N) is 1. The molecular formula is C33H41ClN2O5S. The molecule has 5 atom stereocenters. The van der Waals surface area contributed by atoms with Crippen LogP contribution in [-0.2, 0) is 26.7 Å². The molecule has 1 fully saturated rings. The predicted octanol–water partition coefficient (Wildman–Crippen LogP) is 6.07. The summed E-state index contributed by atoms with van der Waals surface area (Å²) in [5, 5.41) is 0.0858. The summed E-state index contributed by atoms with van der Waals surface area (Å²) in [5.74, 6) is 0.748. The Morgan fingerprint density at radius 3 is 2.69 bits per heavy atom. The summed E-state index contributed by atoms with van der Waals surface area (Å²) in [6, 6.07) is 11.4. The van der Waals surface area contributed by atoms with Crippen molar-refractivity contribution in [2.24, 2.45) is 17.8 Å². The molecule has 2 aliphatic heterocycles. The number of carbonyl (C=O) groups is 2. The molecule has 1 saturated carbocycles. The van der Waals surface area contributed by atoms with Crippen molar-refractivity contribution in [2.45, 2.75) is 81.8 Å². The quantitative estimate of drug-likeness (QED) is 0.414. The zero-order valence-corrected chi connectivity index (χ0v) is 25.9. The van der Waals surface area contributed by atoms with Gasteiger partial charge in [-0.15, -0.1) is 0 Å². The van der Waals surface area contributed by atoms with Gasteiger partial charge in [-0.3, -0.25) is 4.79 Å². The maximum absolute atomic E-state index is 13.4. The molecule has 1 N–H and O–H groups in total. The number of sulfonamides is 1. The fourth-order valence-electron chi connectivity index (χ4n) is 7.91. The maximum Gasteiger partial charge on any atom is 0.264 e. The van der Waals surface area contributed by atoms with E-state index in [9.17, 15) is 18.0 Å². The molecule has 1 amide bonds. The van der Waals surface area contributed by atoms with Crippen LogP contribution in [0.1, 0.15) is 86.2 Å². The Hall–Kier alpha value is -2.58. The van der Waals surface area contributed by atoms with E-state index in [1.807, 2.05) is 13.0 Å². The number of aldehydes is 1. The molecule has 2 aromatic carbocycles. The SMILES string of the molecule is CC[C@@H]1CCCCC(C=O)[C@@H]2CC[C@H]2CN2C[C@@]3(CCCc4cc(Cl)ccc43)COc3ccc(cc32)C(=O)NS1(=O)=O. The Morgan fingerprint density at radius 2 is 1.93 bits per heavy atom. The molecule has 2 bridgehead atoms. The van der Waals surface area contributed by atoms with Crippen LogP contribution in [0, 0.1) is 17.8 Å². The predicted molar refractivity (Wildman–Crippen MR) is 165 cm³/mol. The Bertz CT molecular complexity index is 1460. The highest BCUT2D eigenvalue weighted by atomic mass is 35.5. The van der Waals surface area contributed by atoms with Crippen LogP contribution in [0.25, 0.3) is 0 Å². The fourth-order valence-corrected chi connectivity index (χ4v) is 9.56. The summed E-state index contributed by atoms with van der Waals surface area (Å²) in [6.45, 7) is 3.82. The van der Waals surface area contributed by atoms with Crippen LogP contribution in [0.15, 0.2) is 36.4 Å². The van der Waals surface area contributed by atoms with E-state index in [1.54, 1.807) is 18.2 Å². The monoisotopic (exact) mass is 612 g/mol. The van der Waals surface area contributed by atoms with Crippen molar-refractivity contribution in [3.8, 4) is 5.75 Å². The van der Waals surface area contributed by atoms with Gasteiger partial charge in [-0.1, -0.05) is 37.4 Å². The second-order valence-electron chi connectivity index (χ2n) is 12.9. The van der Waals surface area contributed by atoms with E-state index in [0.717, 1.165) is 68.5 Å². The van der Waals surface area contributed by atoms with Crippen molar-refractivity contribution < 1.29 is 22.7 Å². The molecule has 42 heavy (non-hydrogen) atoms. The summed E-state index contributed by atoms with van der Waals surface area (Å²) in [7, 11) is -3.85. The third-order valence-corrected chi connectivity index (χ3v) is 12.5. The topological polar surface area (TPSA) is 92.8 Å². The molecule has 1 unspecified atom stereocenters. The summed E-state index contributed by atoms with van der Waals surface area (Å²) in [6.07, 6.45) is 9.40. The summed E-state index contributed by atoms with van der Waals surface area (Å²) in [5.41, 5.74) is 3.39. The van der Waals surface area contributed by atoms with E-state index in [-0.39, 0.29) is 11.3 Å². The number of ether oxygens (including phenoxy) is 1. The summed E-state index contributed by atoms with van der Waals surface area (Å²) in [4.78, 5) is 28.0. The zero-order valence-electron chi connectivity index (χ0n) is 24.3. The normalized spacial score (nSPS) is 31.0. The number of nitrogens with zero attached hydrogens (tertiary/aromatic N) is 1. The molecule has 7 nitrogen and oxygen atoms in total. The van der Waals surface area contributed by atoms with Crippen LogP contribution < -0.4 is 14.4 Å². The first-order chi connectivity index (χ1) is 20.2. The Balaban J connectivity index is 1.42. The number of fused-ring (bicyclic) bond motifs is 4. The number of benzene rings is 2. The number of halogens is 1. The molecule has 0 aromatic heterocycles. The molecule has 2 heterocycles. The van der Waals surface area contributed by atoms with Crippen LogP contribution in [0.3, 0.4) is 0 Å². The smallest absolute Gasteiger partial charge is 0.264 e. The Labute approximate surface area is 254 Å². The van der Waals surface area contributed by atoms with Gasteiger partial charge in [0.2, 0.25) is 10.0 Å². The second kappa shape index (κ2) is 11.8. The van der Waals surface area contributed by atoms with Gasteiger partial charge in [0.25, 0.3) is 5.91 Å². The van der Waals surface area contributed by atoms with Gasteiger partial charge < -0.3 is 14.4 Å². The molecule has 226 valence electrons. The van der Waals surface area contributed by atoms with E-state index in [0.29, 0.717) is 55.6 Å². The van der Waals surface area contributed by atoms with Crippen LogP contribution in [0.5, 0.6) is 5.75 Å². The Kier molecular flexibility index (Phi) is 8.31. The third-order valence-electron chi connectivity index (χ3n) is 10.4. The molecule has 4 aliphatic rings. The van der Waals surface area contributed by atoms with E-state index in [1.165, 1.54) is 11.1 Å². The fraction of sp³-hybridized carbons (Fsp3) is 0.576. The Morgan fingerprint density at radius 1 is 1.10 bits per heavy atom. The number of carbonyl (C=O) groups excluding carboxylic acids is 2. The highest BCUT2D eigenvalue weighted by Crippen LogP contribution is 2.47. The standard InChI is InChI=1S/C33H41ClN2O5S/c1-2-27-8-4-3-6-25(19-37)28-12-9-24(28)18-36-20-33(15-5-7-22-16-26(34)11-13-29(22)33)21-41-31-14-10-23(17-30(31)36)32(38)35-42(27,39)40/h10-11,13-14,16-17,19,24-25,27-28H,2-9,12,15,18,20-21H2,1H3,(H,35,38)/t24-,25?,27+,28+,33-/m0/s1. The van der Waals surface area contributed by atoms with Crippen molar-refractivity contribution in [2.75, 3.05) is 24.6 Å². The lowest BCUT2D eigenvalue weighted by Gasteiger charge is -2.46. The number of anilines is 1. The van der Waals surface area contributed by atoms with Gasteiger partial charge in [0.1, 0.15) is 12.0 Å². The first-order valence-electron chi connectivity index (χ1n) is 15.5. The van der Waals surface area contributed by atoms with E-state index in [4.69, 9.17) is 16.3 Å². The van der Waals surface area contributed by atoms with Gasteiger partial charge in [-0.2, -0.15) is 0 Å². The highest BCUT2D eigenvalue weighted by molar-refractivity contribution is 7.90. The zero-order chi connectivity index (χ0) is 29.5. The maximum atomic E-state index is 13.4. The lowest BCUT2D eigenvalue weighted by Crippen LogP contribution is -2.49. The van der Waals surface area contributed by atoms with Crippen LogP contribution >= 0.6 is 11.6 Å². The van der Waals surface area contributed by atoms with Crippen molar-refractivity contribution >= 4 is 39.5 Å². The van der Waals surface area contributed by atoms with Gasteiger partial charge in [0.05, 0.1) is 17.5 Å². The molecule has 9 heteroatoms. The molecular weight excluding hydrogens is 572 g/mol. The van der Waals surface area contributed by atoms with Crippen molar-refractivity contribution in [1.29, 1.82) is 0 Å². The van der Waals surface area contributed by atoms with Crippen LogP contribution in [-0.4, -0.2) is 45.6 Å². The number of rotatable bonds is 2. The van der Waals surface area contributed by atoms with Crippen LogP contribution in [0.2, 0.25) is 5.02 Å². The van der Waals surface area contributed by atoms with E-state index in [2.05, 4.69) is 21.8 Å². The van der Waals surface area contributed by atoms with Gasteiger partial charge in [0, 0.05) is 35.0 Å². The molecule has 2 aliphatic carbocycles. The third kappa shape index (κ3) is 5.57. The molecule has 1 spiro atoms. The van der Waals surface area contributed by atoms with Gasteiger partial charge in [-0.05, 0) is 105 Å². The average molecular weight is 613 g/mol. The van der Waals surface area contributed by atoms with Gasteiger partial charge >= 0.3 is 0 Å². The summed E-state index contributed by atoms with van der Waals surface area (Å²) < 4.78 is 35.3. The summed E-state index contributed by atoms with van der Waals surface area (Å²) >= 11 is 6.39. The molecule has 2 aromatic rings. The van der Waals surface area contributed by atoms with E-state index >= 15 is 0 Å². The van der Waals surface area contributed by atoms with Crippen molar-refractivity contribution in [3.05, 3.63) is 58.1 Å².